The fourth-order valence-corrected chi connectivity index (χ4v) is 3.63. The topological polar surface area (TPSA) is 42.7 Å². The molecule has 0 N–H and O–H groups in total. The first-order valence-corrected chi connectivity index (χ1v) is 9.43. The Hall–Kier alpha value is -2.75. The summed E-state index contributed by atoms with van der Waals surface area (Å²) in [7, 11) is 0. The van der Waals surface area contributed by atoms with Crippen LogP contribution in [-0.2, 0) is 18.4 Å². The summed E-state index contributed by atoms with van der Waals surface area (Å²) in [6.07, 6.45) is 0.791. The second-order valence-corrected chi connectivity index (χ2v) is 8.13. The van der Waals surface area contributed by atoms with Gasteiger partial charge < -0.3 is 14.1 Å². The van der Waals surface area contributed by atoms with E-state index in [2.05, 4.69) is 49.9 Å². The fraction of sp³-hybridized carbons (Fsp3) is 0.348. The number of hydrogen-bond donors (Lipinski definition) is 0. The van der Waals surface area contributed by atoms with Gasteiger partial charge >= 0.3 is 5.63 Å². The molecule has 0 amide bonds. The predicted molar refractivity (Wildman–Crippen MR) is 109 cm³/mol. The molecule has 1 aromatic heterocycles. The summed E-state index contributed by atoms with van der Waals surface area (Å²) in [4.78, 5) is 14.2. The molecule has 0 saturated heterocycles. The molecule has 4 nitrogen and oxygen atoms in total. The van der Waals surface area contributed by atoms with Gasteiger partial charge in [-0.3, -0.25) is 0 Å². The largest absolute Gasteiger partial charge is 0.473 e. The molecule has 0 atom stereocenters. The number of anilines is 1. The van der Waals surface area contributed by atoms with Crippen LogP contribution in [0.15, 0.2) is 51.7 Å². The van der Waals surface area contributed by atoms with Crippen molar-refractivity contribution in [3.63, 3.8) is 0 Å². The molecule has 1 aliphatic rings. The van der Waals surface area contributed by atoms with Gasteiger partial charge in [0, 0.05) is 17.1 Å². The van der Waals surface area contributed by atoms with Gasteiger partial charge in [0.2, 0.25) is 0 Å². The minimum Gasteiger partial charge on any atom is -0.473 e. The smallest absolute Gasteiger partial charge is 0.336 e. The first-order chi connectivity index (χ1) is 12.9. The number of ether oxygens (including phenoxy) is 1. The van der Waals surface area contributed by atoms with Crippen LogP contribution in [-0.4, -0.2) is 6.73 Å². The molecule has 0 saturated carbocycles. The van der Waals surface area contributed by atoms with E-state index < -0.39 is 0 Å². The highest BCUT2D eigenvalue weighted by atomic mass is 16.5. The summed E-state index contributed by atoms with van der Waals surface area (Å²) in [5.74, 6) is 0.793. The third-order valence-corrected chi connectivity index (χ3v) is 5.26. The van der Waals surface area contributed by atoms with Crippen LogP contribution in [0.1, 0.15) is 44.4 Å². The Balaban J connectivity index is 1.74. The predicted octanol–water partition coefficient (Wildman–Crippen LogP) is 5.01. The van der Waals surface area contributed by atoms with Gasteiger partial charge in [0.05, 0.1) is 12.1 Å². The summed E-state index contributed by atoms with van der Waals surface area (Å²) in [6, 6.07) is 14.2. The Morgan fingerprint density at radius 1 is 1.07 bits per heavy atom. The highest BCUT2D eigenvalue weighted by Gasteiger charge is 2.23. The van der Waals surface area contributed by atoms with Crippen molar-refractivity contribution in [2.45, 2.75) is 46.1 Å². The van der Waals surface area contributed by atoms with E-state index in [1.807, 2.05) is 19.1 Å². The van der Waals surface area contributed by atoms with Crippen LogP contribution in [0, 0.1) is 0 Å². The van der Waals surface area contributed by atoms with Crippen molar-refractivity contribution >= 4 is 16.7 Å². The molecule has 0 unspecified atom stereocenters. The number of hydrogen-bond acceptors (Lipinski definition) is 4. The molecule has 4 rings (SSSR count). The van der Waals surface area contributed by atoms with Crippen LogP contribution in [0.2, 0.25) is 0 Å². The quantitative estimate of drug-likeness (QED) is 0.600. The fourth-order valence-electron chi connectivity index (χ4n) is 3.63. The first kappa shape index (κ1) is 17.7. The summed E-state index contributed by atoms with van der Waals surface area (Å²) in [5, 5.41) is 0.990. The lowest BCUT2D eigenvalue weighted by molar-refractivity contribution is 0.289. The molecule has 4 heteroatoms. The van der Waals surface area contributed by atoms with Crippen LogP contribution >= 0.6 is 0 Å². The lowest BCUT2D eigenvalue weighted by Gasteiger charge is -2.31. The van der Waals surface area contributed by atoms with Gasteiger partial charge in [-0.1, -0.05) is 39.8 Å². The number of rotatable bonds is 2. The van der Waals surface area contributed by atoms with Gasteiger partial charge in [-0.25, -0.2) is 4.79 Å². The molecule has 27 heavy (non-hydrogen) atoms. The van der Waals surface area contributed by atoms with Crippen LogP contribution in [0.3, 0.4) is 0 Å². The van der Waals surface area contributed by atoms with E-state index >= 15 is 0 Å². The molecule has 0 bridgehead atoms. The third kappa shape index (κ3) is 3.20. The SMILES string of the molecule is CCc1cc(=O)oc2c3c(ccc12)OCN(c1ccc(C(C)(C)C)cc1)C3. The number of nitrogens with zero attached hydrogens (tertiary/aromatic N) is 1. The van der Waals surface area contributed by atoms with Crippen molar-refractivity contribution in [2.24, 2.45) is 0 Å². The van der Waals surface area contributed by atoms with Crippen molar-refractivity contribution in [2.75, 3.05) is 11.6 Å². The monoisotopic (exact) mass is 363 g/mol. The van der Waals surface area contributed by atoms with E-state index in [-0.39, 0.29) is 11.0 Å². The van der Waals surface area contributed by atoms with Crippen LogP contribution in [0.25, 0.3) is 11.0 Å². The Morgan fingerprint density at radius 2 is 1.81 bits per heavy atom. The maximum atomic E-state index is 12.0. The zero-order valence-corrected chi connectivity index (χ0v) is 16.3. The Kier molecular flexibility index (Phi) is 4.22. The highest BCUT2D eigenvalue weighted by molar-refractivity contribution is 5.85. The Labute approximate surface area is 159 Å². The molecular weight excluding hydrogens is 338 g/mol. The highest BCUT2D eigenvalue weighted by Crippen LogP contribution is 2.35. The molecule has 2 aromatic carbocycles. The van der Waals surface area contributed by atoms with Crippen molar-refractivity contribution in [3.8, 4) is 5.75 Å². The number of fused-ring (bicyclic) bond motifs is 3. The van der Waals surface area contributed by atoms with E-state index in [1.165, 1.54) is 5.56 Å². The summed E-state index contributed by atoms with van der Waals surface area (Å²) < 4.78 is 11.6. The minimum atomic E-state index is -0.306. The van der Waals surface area contributed by atoms with Gasteiger partial charge in [-0.15, -0.1) is 0 Å². The molecule has 0 spiro atoms. The van der Waals surface area contributed by atoms with Gasteiger partial charge in [0.15, 0.2) is 6.73 Å². The zero-order chi connectivity index (χ0) is 19.2. The first-order valence-electron chi connectivity index (χ1n) is 9.43. The van der Waals surface area contributed by atoms with E-state index in [1.54, 1.807) is 6.07 Å². The molecule has 0 aliphatic carbocycles. The van der Waals surface area contributed by atoms with Crippen molar-refractivity contribution in [3.05, 3.63) is 69.6 Å². The van der Waals surface area contributed by atoms with Gasteiger partial charge in [0.25, 0.3) is 0 Å². The molecular formula is C23H25NO3. The number of aryl methyl sites for hydroxylation is 1. The zero-order valence-electron chi connectivity index (χ0n) is 16.3. The molecule has 0 fully saturated rings. The van der Waals surface area contributed by atoms with Crippen molar-refractivity contribution < 1.29 is 9.15 Å². The van der Waals surface area contributed by atoms with E-state index in [9.17, 15) is 4.79 Å². The Bertz CT molecular complexity index is 1040. The van der Waals surface area contributed by atoms with Crippen LogP contribution < -0.4 is 15.3 Å². The van der Waals surface area contributed by atoms with E-state index in [0.29, 0.717) is 18.9 Å². The molecule has 0 radical (unpaired) electrons. The second kappa shape index (κ2) is 6.45. The summed E-state index contributed by atoms with van der Waals surface area (Å²) in [5.41, 5.74) is 4.81. The molecule has 2 heterocycles. The van der Waals surface area contributed by atoms with Gasteiger partial charge in [-0.05, 0) is 47.2 Å². The lowest BCUT2D eigenvalue weighted by atomic mass is 9.87. The van der Waals surface area contributed by atoms with Crippen LogP contribution in [0.4, 0.5) is 5.69 Å². The van der Waals surface area contributed by atoms with Crippen molar-refractivity contribution in [1.82, 2.24) is 0 Å². The molecule has 140 valence electrons. The average molecular weight is 363 g/mol. The van der Waals surface area contributed by atoms with Gasteiger partial charge in [0.1, 0.15) is 11.3 Å². The second-order valence-electron chi connectivity index (χ2n) is 8.13. The summed E-state index contributed by atoms with van der Waals surface area (Å²) in [6.45, 7) is 9.81. The minimum absolute atomic E-state index is 0.125. The Morgan fingerprint density at radius 3 is 2.48 bits per heavy atom. The van der Waals surface area contributed by atoms with Crippen LogP contribution in [0.5, 0.6) is 5.75 Å². The normalized spacial score (nSPS) is 14.1. The molecule has 3 aromatic rings. The maximum Gasteiger partial charge on any atom is 0.336 e. The standard InChI is InChI=1S/C23H25NO3/c1-5-15-12-21(25)27-22-18(15)10-11-20-19(22)13-24(14-26-20)17-8-6-16(7-9-17)23(2,3)4/h6-12H,5,13-14H2,1-4H3. The summed E-state index contributed by atoms with van der Waals surface area (Å²) >= 11 is 0. The third-order valence-electron chi connectivity index (χ3n) is 5.26. The maximum absolute atomic E-state index is 12.0. The number of benzene rings is 2. The van der Waals surface area contributed by atoms with E-state index in [0.717, 1.165) is 34.4 Å². The lowest BCUT2D eigenvalue weighted by Crippen LogP contribution is -2.32. The average Bonchev–Trinajstić information content (AvgIpc) is 2.66. The van der Waals surface area contributed by atoms with E-state index in [4.69, 9.17) is 9.15 Å². The van der Waals surface area contributed by atoms with Crippen molar-refractivity contribution in [1.29, 1.82) is 0 Å². The van der Waals surface area contributed by atoms with Gasteiger partial charge in [-0.2, -0.15) is 0 Å². The molecule has 1 aliphatic heterocycles.